The first-order valence-corrected chi connectivity index (χ1v) is 12.1. The van der Waals surface area contributed by atoms with Gasteiger partial charge in [-0.1, -0.05) is 86.0 Å². The van der Waals surface area contributed by atoms with Crippen LogP contribution in [0.5, 0.6) is 0 Å². The van der Waals surface area contributed by atoms with E-state index in [1.165, 1.54) is 0 Å². The highest BCUT2D eigenvalue weighted by atomic mass is 16.1. The van der Waals surface area contributed by atoms with Crippen molar-refractivity contribution in [2.24, 2.45) is 0 Å². The highest BCUT2D eigenvalue weighted by Gasteiger charge is 2.16. The van der Waals surface area contributed by atoms with E-state index in [0.29, 0.717) is 18.4 Å². The summed E-state index contributed by atoms with van der Waals surface area (Å²) in [5.74, 6) is 0.289. The molecule has 0 heterocycles. The predicted molar refractivity (Wildman–Crippen MR) is 146 cm³/mol. The maximum atomic E-state index is 13.1. The molecule has 0 saturated carbocycles. The Labute approximate surface area is 205 Å². The third kappa shape index (κ3) is 7.95. The van der Waals surface area contributed by atoms with E-state index in [1.54, 1.807) is 6.92 Å². The summed E-state index contributed by atoms with van der Waals surface area (Å²) in [5.41, 5.74) is 7.52. The molecule has 178 valence electrons. The lowest BCUT2D eigenvalue weighted by Gasteiger charge is -2.15. The second-order valence-corrected chi connectivity index (χ2v) is 9.12. The monoisotopic (exact) mass is 454 g/mol. The predicted octanol–water partition coefficient (Wildman–Crippen LogP) is 8.95. The Balaban J connectivity index is 2.10. The lowest BCUT2D eigenvalue weighted by molar-refractivity contribution is -0.115. The molecule has 0 spiro atoms. The van der Waals surface area contributed by atoms with Gasteiger partial charge < -0.3 is 0 Å². The summed E-state index contributed by atoms with van der Waals surface area (Å²) in [7, 11) is 0. The largest absolute Gasteiger partial charge is 0.295 e. The van der Waals surface area contributed by atoms with Crippen molar-refractivity contribution in [3.05, 3.63) is 103 Å². The molecule has 34 heavy (non-hydrogen) atoms. The van der Waals surface area contributed by atoms with Crippen LogP contribution in [0.4, 0.5) is 0 Å². The lowest BCUT2D eigenvalue weighted by atomic mass is 9.88. The highest BCUT2D eigenvalue weighted by Crippen LogP contribution is 2.33. The molecule has 2 heteroatoms. The fourth-order valence-electron chi connectivity index (χ4n) is 3.93. The molecular formula is C32H38O2. The van der Waals surface area contributed by atoms with Gasteiger partial charge in [-0.25, -0.2) is 0 Å². The van der Waals surface area contributed by atoms with E-state index in [0.717, 1.165) is 77.5 Å². The normalized spacial score (nSPS) is 10.5. The van der Waals surface area contributed by atoms with Gasteiger partial charge in [-0.3, -0.25) is 9.59 Å². The summed E-state index contributed by atoms with van der Waals surface area (Å²) < 4.78 is 0. The van der Waals surface area contributed by atoms with Gasteiger partial charge >= 0.3 is 0 Å². The van der Waals surface area contributed by atoms with E-state index in [1.807, 2.05) is 43.3 Å². The zero-order chi connectivity index (χ0) is 25.1. The zero-order valence-corrected chi connectivity index (χ0v) is 20.9. The highest BCUT2D eigenvalue weighted by molar-refractivity contribution is 6.03. The Bertz CT molecular complexity index is 996. The van der Waals surface area contributed by atoms with Gasteiger partial charge in [0.05, 0.1) is 0 Å². The number of carbonyl (C=O) groups excluding carboxylic acids is 2. The van der Waals surface area contributed by atoms with E-state index in [9.17, 15) is 9.59 Å². The molecule has 2 nitrogen and oxygen atoms in total. The van der Waals surface area contributed by atoms with Crippen molar-refractivity contribution < 1.29 is 9.59 Å². The Morgan fingerprint density at radius 3 is 1.74 bits per heavy atom. The maximum Gasteiger partial charge on any atom is 0.163 e. The number of unbranched alkanes of at least 4 members (excludes halogenated alkanes) is 2. The quantitative estimate of drug-likeness (QED) is 0.116. The Morgan fingerprint density at radius 2 is 1.12 bits per heavy atom. The van der Waals surface area contributed by atoms with E-state index in [-0.39, 0.29) is 11.6 Å². The lowest BCUT2D eigenvalue weighted by Crippen LogP contribution is -2.03. The Kier molecular flexibility index (Phi) is 10.7. The average molecular weight is 455 g/mol. The van der Waals surface area contributed by atoms with Crippen LogP contribution >= 0.6 is 0 Å². The number of rotatable bonds is 15. The van der Waals surface area contributed by atoms with Gasteiger partial charge in [-0.15, -0.1) is 0 Å². The van der Waals surface area contributed by atoms with Crippen LogP contribution in [0.2, 0.25) is 0 Å². The second kappa shape index (κ2) is 13.4. The van der Waals surface area contributed by atoms with E-state index in [2.05, 4.69) is 38.4 Å². The molecule has 0 saturated heterocycles. The minimum Gasteiger partial charge on any atom is -0.295 e. The topological polar surface area (TPSA) is 34.1 Å². The first-order chi connectivity index (χ1) is 16.2. The fourth-order valence-corrected chi connectivity index (χ4v) is 3.93. The molecule has 2 aromatic carbocycles. The molecule has 0 N–H and O–H groups in total. The molecule has 2 rings (SSSR count). The minimum absolute atomic E-state index is 0.127. The molecule has 0 radical (unpaired) electrons. The van der Waals surface area contributed by atoms with E-state index >= 15 is 0 Å². The summed E-state index contributed by atoms with van der Waals surface area (Å²) >= 11 is 0. The Morgan fingerprint density at radius 1 is 0.618 bits per heavy atom. The van der Waals surface area contributed by atoms with Gasteiger partial charge in [0.2, 0.25) is 0 Å². The number of hydrogen-bond acceptors (Lipinski definition) is 2. The molecule has 0 aliphatic carbocycles. The SMILES string of the molecule is C=C(C)C(=C)CCCCC(=O)c1ccccc1-c1ccccc1C(=C)CCCCC(=O)C(=C)C. The average Bonchev–Trinajstić information content (AvgIpc) is 2.83. The zero-order valence-electron chi connectivity index (χ0n) is 20.9. The van der Waals surface area contributed by atoms with Crippen LogP contribution in [0.1, 0.15) is 81.1 Å². The second-order valence-electron chi connectivity index (χ2n) is 9.12. The van der Waals surface area contributed by atoms with Gasteiger partial charge in [0.1, 0.15) is 0 Å². The molecule has 0 amide bonds. The molecule has 0 unspecified atom stereocenters. The van der Waals surface area contributed by atoms with Crippen LogP contribution in [0.25, 0.3) is 16.7 Å². The fraction of sp³-hybridized carbons (Fsp3) is 0.312. The molecule has 0 aromatic heterocycles. The molecule has 0 atom stereocenters. The summed E-state index contributed by atoms with van der Waals surface area (Å²) in [4.78, 5) is 24.9. The number of ketones is 2. The smallest absolute Gasteiger partial charge is 0.163 e. The first kappa shape index (κ1) is 27.0. The third-order valence-corrected chi connectivity index (χ3v) is 6.17. The molecule has 0 bridgehead atoms. The number of hydrogen-bond donors (Lipinski definition) is 0. The van der Waals surface area contributed by atoms with Gasteiger partial charge in [0.15, 0.2) is 11.6 Å². The summed E-state index contributed by atoms with van der Waals surface area (Å²) in [6, 6.07) is 16.0. The van der Waals surface area contributed by atoms with E-state index in [4.69, 9.17) is 0 Å². The van der Waals surface area contributed by atoms with E-state index < -0.39 is 0 Å². The van der Waals surface area contributed by atoms with Gasteiger partial charge in [0, 0.05) is 18.4 Å². The third-order valence-electron chi connectivity index (χ3n) is 6.17. The van der Waals surface area contributed by atoms with Crippen molar-refractivity contribution >= 4 is 17.1 Å². The number of Topliss-reactive ketones (excluding diaryl/α,β-unsaturated/α-hetero) is 2. The van der Waals surface area contributed by atoms with Crippen LogP contribution in [0.15, 0.2) is 91.6 Å². The van der Waals surface area contributed by atoms with Crippen LogP contribution < -0.4 is 0 Å². The van der Waals surface area contributed by atoms with Crippen molar-refractivity contribution in [2.75, 3.05) is 0 Å². The maximum absolute atomic E-state index is 13.1. The molecule has 0 aliphatic rings. The van der Waals surface area contributed by atoms with Gasteiger partial charge in [0.25, 0.3) is 0 Å². The minimum atomic E-state index is 0.127. The summed E-state index contributed by atoms with van der Waals surface area (Å²) in [6.07, 6.45) is 6.20. The van der Waals surface area contributed by atoms with Crippen LogP contribution in [0.3, 0.4) is 0 Å². The number of carbonyl (C=O) groups is 2. The summed E-state index contributed by atoms with van der Waals surface area (Å²) in [5, 5.41) is 0. The standard InChI is InChI=1S/C32H38O2/c1-23(2)25(5)15-7-14-22-32(34)30-20-12-11-19-29(30)28-18-10-9-17-27(28)26(6)16-8-13-21-31(33)24(3)4/h9-12,17-20H,1,3,5-8,13-16,21-22H2,2,4H3. The van der Waals surface area contributed by atoms with Crippen LogP contribution in [0, 0.1) is 0 Å². The van der Waals surface area contributed by atoms with Crippen molar-refractivity contribution in [1.82, 2.24) is 0 Å². The summed E-state index contributed by atoms with van der Waals surface area (Å²) in [6.45, 7) is 19.7. The molecule has 2 aromatic rings. The van der Waals surface area contributed by atoms with Crippen molar-refractivity contribution in [3.8, 4) is 11.1 Å². The van der Waals surface area contributed by atoms with Crippen molar-refractivity contribution in [1.29, 1.82) is 0 Å². The van der Waals surface area contributed by atoms with Gasteiger partial charge in [-0.2, -0.15) is 0 Å². The number of benzene rings is 2. The molecule has 0 aliphatic heterocycles. The molecule has 0 fully saturated rings. The van der Waals surface area contributed by atoms with Crippen LogP contribution in [-0.2, 0) is 4.79 Å². The van der Waals surface area contributed by atoms with Gasteiger partial charge in [-0.05, 0) is 80.2 Å². The Hall–Kier alpha value is -3.26. The van der Waals surface area contributed by atoms with Crippen LogP contribution in [-0.4, -0.2) is 11.6 Å². The number of allylic oxidation sites excluding steroid dienone is 4. The first-order valence-electron chi connectivity index (χ1n) is 12.1. The van der Waals surface area contributed by atoms with Crippen molar-refractivity contribution in [2.45, 2.75) is 65.2 Å². The van der Waals surface area contributed by atoms with Crippen molar-refractivity contribution in [3.63, 3.8) is 0 Å². The molecular weight excluding hydrogens is 416 g/mol.